The van der Waals surface area contributed by atoms with Gasteiger partial charge in [-0.25, -0.2) is 26.5 Å². The lowest BCUT2D eigenvalue weighted by Gasteiger charge is -2.39. The van der Waals surface area contributed by atoms with Crippen molar-refractivity contribution in [2.75, 3.05) is 134 Å². The number of aliphatic hydroxyl groups is 1. The van der Waals surface area contributed by atoms with Gasteiger partial charge in [0.25, 0.3) is 25.8 Å². The highest BCUT2D eigenvalue weighted by Crippen LogP contribution is 2.44. The number of carbonyl (C=O) groups excluding carboxylic acids is 4. The number of hydrogen-bond acceptors (Lipinski definition) is 20. The molecule has 3 saturated heterocycles. The highest BCUT2D eigenvalue weighted by molar-refractivity contribution is 7.99. The molecule has 1 aliphatic carbocycles. The number of aromatic nitrogens is 1. The van der Waals surface area contributed by atoms with Crippen LogP contribution in [-0.4, -0.2) is 224 Å². The van der Waals surface area contributed by atoms with Crippen LogP contribution in [0.1, 0.15) is 107 Å². The van der Waals surface area contributed by atoms with Crippen molar-refractivity contribution in [3.63, 3.8) is 0 Å². The van der Waals surface area contributed by atoms with E-state index >= 15 is 0 Å². The number of anilines is 2. The van der Waals surface area contributed by atoms with Gasteiger partial charge in [0.1, 0.15) is 23.6 Å². The summed E-state index contributed by atoms with van der Waals surface area (Å²) in [6.07, 6.45) is 2.60. The van der Waals surface area contributed by atoms with Crippen LogP contribution < -0.4 is 25.6 Å². The molecule has 30 heteroatoms. The van der Waals surface area contributed by atoms with E-state index in [9.17, 15) is 54.3 Å². The number of alkyl halides is 3. The average Bonchev–Trinajstić information content (AvgIpc) is 1.13. The minimum absolute atomic E-state index is 0.0293. The summed E-state index contributed by atoms with van der Waals surface area (Å²) in [7, 11) is -11.1. The third kappa shape index (κ3) is 22.8. The first kappa shape index (κ1) is 83.5. The second-order valence-corrected chi connectivity index (χ2v) is 35.9. The van der Waals surface area contributed by atoms with Gasteiger partial charge in [0, 0.05) is 118 Å². The zero-order chi connectivity index (χ0) is 77.6. The van der Waals surface area contributed by atoms with E-state index in [1.807, 2.05) is 85.3 Å². The van der Waals surface area contributed by atoms with Gasteiger partial charge < -0.3 is 50.0 Å². The molecule has 3 fully saturated rings. The topological polar surface area (TPSA) is 262 Å². The summed E-state index contributed by atoms with van der Waals surface area (Å²) in [6, 6.07) is 31.0. The molecule has 0 bridgehead atoms. The Balaban J connectivity index is 0.643. The molecule has 3 aliphatic heterocycles. The molecule has 22 nitrogen and oxygen atoms in total. The molecule has 4 heterocycles. The Morgan fingerprint density at radius 1 is 0.769 bits per heavy atom. The first-order chi connectivity index (χ1) is 51.3. The minimum atomic E-state index is -6.15. The van der Waals surface area contributed by atoms with Crippen LogP contribution in [0.15, 0.2) is 147 Å². The van der Waals surface area contributed by atoms with Gasteiger partial charge >= 0.3 is 5.51 Å². The molecule has 0 spiro atoms. The lowest BCUT2D eigenvalue weighted by atomic mass is 9.73. The van der Waals surface area contributed by atoms with Crippen molar-refractivity contribution in [3.8, 4) is 10.4 Å². The average molecular weight is 1590 g/mol. The number of ether oxygens (including phenoxy) is 3. The summed E-state index contributed by atoms with van der Waals surface area (Å²) < 4.78 is 117. The van der Waals surface area contributed by atoms with E-state index in [1.165, 1.54) is 45.5 Å². The van der Waals surface area contributed by atoms with E-state index in [0.29, 0.717) is 88.8 Å². The Labute approximate surface area is 645 Å². The lowest BCUT2D eigenvalue weighted by molar-refractivity contribution is -0.144. The van der Waals surface area contributed by atoms with Crippen molar-refractivity contribution < 1.29 is 68.5 Å². The maximum Gasteiger partial charge on any atom is 0.501 e. The summed E-state index contributed by atoms with van der Waals surface area (Å²) in [5.74, 6) is -2.17. The van der Waals surface area contributed by atoms with E-state index < -0.39 is 94.1 Å². The Morgan fingerprint density at radius 2 is 1.40 bits per heavy atom. The van der Waals surface area contributed by atoms with Gasteiger partial charge in [-0.1, -0.05) is 106 Å². The second-order valence-electron chi connectivity index (χ2n) is 29.9. The van der Waals surface area contributed by atoms with Crippen molar-refractivity contribution in [1.82, 2.24) is 39.9 Å². The molecule has 6 aromatic rings. The number of piperazine rings is 2. The highest BCUT2D eigenvalue weighted by atomic mass is 35.5. The standard InChI is InChI=1S/C78H100ClF3N10O12S4/c1-53(55-13-15-57(16-14-55)71-54(2)83-52-106-71)84-74(96)68-45-63(93)49-92(68)75(97)72(76(3,4)5)86-70(94)50-104-44-43-103-42-41-102-40-39-89-33-31-88(32-34-89)30-28-61(51-105-64-11-9-8-10-12-64)85-67-26-25-65(46-69(67)107(98,99)78(80,81)82)108(100,101)87-73(95)58-19-23-62(24-20-58)91-37-35-90(36-38-91)48-59-47-77(6,7)29-27-66(59)56-17-21-60(79)22-18-56/h8-26,46,52-53,61,63,68,72,85,93H,27-45,47-51H2,1-7H3,(H,84,96)(H,86,94)(H,87,95)/t53-,61+,63+,68-,72+/m0/s1. The number of thiazole rings is 1. The number of aryl methyl sites for hydroxylation is 1. The molecule has 4 amide bonds. The molecule has 0 unspecified atom stereocenters. The maximum absolute atomic E-state index is 14.6. The van der Waals surface area contributed by atoms with E-state index in [-0.39, 0.29) is 56.4 Å². The predicted octanol–water partition coefficient (Wildman–Crippen LogP) is 11.0. The molecule has 10 rings (SSSR count). The fourth-order valence-electron chi connectivity index (χ4n) is 13.9. The molecule has 0 saturated carbocycles. The number of carbonyl (C=O) groups is 4. The van der Waals surface area contributed by atoms with Crippen LogP contribution >= 0.6 is 34.7 Å². The predicted molar refractivity (Wildman–Crippen MR) is 416 cm³/mol. The molecule has 0 radical (unpaired) electrons. The van der Waals surface area contributed by atoms with Gasteiger partial charge in [-0.05, 0) is 139 Å². The molecule has 5 N–H and O–H groups in total. The molecule has 108 heavy (non-hydrogen) atoms. The molecule has 5 aromatic carbocycles. The van der Waals surface area contributed by atoms with Gasteiger partial charge in [-0.3, -0.25) is 29.0 Å². The van der Waals surface area contributed by atoms with Crippen molar-refractivity contribution in [2.24, 2.45) is 10.8 Å². The van der Waals surface area contributed by atoms with E-state index in [0.717, 1.165) is 83.3 Å². The largest absolute Gasteiger partial charge is 0.501 e. The van der Waals surface area contributed by atoms with E-state index in [1.54, 1.807) is 49.8 Å². The number of halogens is 4. The fourth-order valence-corrected chi connectivity index (χ4v) is 17.9. The number of amides is 4. The van der Waals surface area contributed by atoms with Crippen LogP contribution in [0.5, 0.6) is 0 Å². The van der Waals surface area contributed by atoms with Gasteiger partial charge in [0.15, 0.2) is 0 Å². The number of thioether (sulfide) groups is 1. The van der Waals surface area contributed by atoms with Crippen LogP contribution in [0.2, 0.25) is 5.02 Å². The highest BCUT2D eigenvalue weighted by Gasteiger charge is 2.49. The number of β-amino-alcohol motifs (C(OH)–C–C–N with tert-alkyl or cyclic N) is 1. The molecule has 4 aliphatic rings. The number of aliphatic hydroxyl groups excluding tert-OH is 1. The Kier molecular flexibility index (Phi) is 28.9. The van der Waals surface area contributed by atoms with E-state index in [4.69, 9.17) is 25.8 Å². The SMILES string of the molecule is Cc1ncsc1-c1ccc([C@H](C)NC(=O)[C@@H]2C[C@@H](O)CN2C(=O)[C@@H](NC(=O)COCCOCCOCCN2CCN(CC[C@H](CSc3ccccc3)Nc3ccc(S(=O)(=O)NC(=O)c4ccc(N5CCN(CC6=C(c7ccc(Cl)cc7)CCC(C)(C)C6)CC5)cc4)cc3S(=O)(=O)C(F)(F)F)CC2)C(C)(C)C)cc1. The number of hydrogen-bond donors (Lipinski definition) is 5. The summed E-state index contributed by atoms with van der Waals surface area (Å²) in [4.78, 5) is 69.3. The summed E-state index contributed by atoms with van der Waals surface area (Å²) >= 11 is 9.21. The number of rotatable bonds is 33. The van der Waals surface area contributed by atoms with Crippen molar-refractivity contribution in [2.45, 2.75) is 131 Å². The van der Waals surface area contributed by atoms with Gasteiger partial charge in [0.05, 0.1) is 71.8 Å². The van der Waals surface area contributed by atoms with Crippen LogP contribution in [-0.2, 0) is 48.5 Å². The lowest BCUT2D eigenvalue weighted by Crippen LogP contribution is -2.58. The first-order valence-electron chi connectivity index (χ1n) is 36.6. The molecule has 5 atom stereocenters. The number of sulfonamides is 1. The van der Waals surface area contributed by atoms with E-state index in [2.05, 4.69) is 66.5 Å². The molecular formula is C78H100ClF3N10O12S4. The number of allylic oxidation sites excluding steroid dienone is 1. The third-order valence-electron chi connectivity index (χ3n) is 20.1. The van der Waals surface area contributed by atoms with Crippen LogP contribution in [0.4, 0.5) is 24.5 Å². The van der Waals surface area contributed by atoms with Crippen LogP contribution in [0.3, 0.4) is 0 Å². The zero-order valence-corrected chi connectivity index (χ0v) is 66.3. The molecule has 1 aromatic heterocycles. The number of likely N-dealkylation sites (tertiary alicyclic amines) is 1. The normalized spacial score (nSPS) is 18.7. The zero-order valence-electron chi connectivity index (χ0n) is 62.2. The van der Waals surface area contributed by atoms with Crippen molar-refractivity contribution in [1.29, 1.82) is 0 Å². The van der Waals surface area contributed by atoms with Gasteiger partial charge in [-0.15, -0.1) is 23.1 Å². The minimum Gasteiger partial charge on any atom is -0.391 e. The second kappa shape index (κ2) is 37.3. The van der Waals surface area contributed by atoms with Crippen molar-refractivity contribution >= 4 is 95.1 Å². The number of sulfone groups is 1. The van der Waals surface area contributed by atoms with Gasteiger partial charge in [0.2, 0.25) is 17.7 Å². The first-order valence-corrected chi connectivity index (χ1v) is 41.8. The Bertz CT molecular complexity index is 4290. The Hall–Kier alpha value is -7.00. The smallest absolute Gasteiger partial charge is 0.391 e. The number of benzene rings is 5. The quantitative estimate of drug-likeness (QED) is 0.0189. The fraction of sp³-hybridized carbons (Fsp3) is 0.500. The summed E-state index contributed by atoms with van der Waals surface area (Å²) in [5.41, 5.74) is 2.62. The number of nitrogens with one attached hydrogen (secondary N) is 4. The van der Waals surface area contributed by atoms with Crippen molar-refractivity contribution in [3.05, 3.63) is 160 Å². The van der Waals surface area contributed by atoms with Gasteiger partial charge in [-0.2, -0.15) is 13.2 Å². The molecular weight excluding hydrogens is 1490 g/mol. The van der Waals surface area contributed by atoms with Crippen LogP contribution in [0.25, 0.3) is 16.0 Å². The Morgan fingerprint density at radius 3 is 2.04 bits per heavy atom. The summed E-state index contributed by atoms with van der Waals surface area (Å²) in [6.45, 7) is 22.4. The monoisotopic (exact) mass is 1590 g/mol. The van der Waals surface area contributed by atoms with Crippen LogP contribution in [0, 0.1) is 17.8 Å². The number of nitrogens with zero attached hydrogens (tertiary/aromatic N) is 6. The third-order valence-corrected chi connectivity index (χ3v) is 25.4. The summed E-state index contributed by atoms with van der Waals surface area (Å²) in [5, 5.41) is 20.3. The maximum atomic E-state index is 14.6. The molecule has 586 valence electrons.